The monoisotopic (exact) mass is 489 g/mol. The molecular formula is C24H45N2O6S+. The number of aliphatic hydroxyl groups excluding tert-OH is 2. The molecule has 192 valence electrons. The number of Topliss-reactive ketones (excluding diaryl/α,β-unsaturated/α-hetero) is 1. The topological polar surface area (TPSA) is 118 Å². The van der Waals surface area contributed by atoms with E-state index in [4.69, 9.17) is 4.55 Å². The average molecular weight is 490 g/mol. The third kappa shape index (κ3) is 13.9. The van der Waals surface area contributed by atoms with Crippen LogP contribution in [0.2, 0.25) is 0 Å². The van der Waals surface area contributed by atoms with Gasteiger partial charge >= 0.3 is 5.84 Å². The lowest BCUT2D eigenvalue weighted by atomic mass is 10.1. The number of β-amino-alcohol motifs (C(OH)–C–C–N with tert-alkyl or cyclic N) is 2. The van der Waals surface area contributed by atoms with E-state index in [1.165, 1.54) is 57.8 Å². The molecule has 1 aliphatic rings. The van der Waals surface area contributed by atoms with Gasteiger partial charge in [-0.1, -0.05) is 76.9 Å². The summed E-state index contributed by atoms with van der Waals surface area (Å²) >= 11 is 0. The second kappa shape index (κ2) is 17.2. The number of unbranched alkanes of at least 4 members (excludes halogenated alkanes) is 10. The Hall–Kier alpha value is -1.29. The molecule has 1 heterocycles. The molecule has 0 saturated carbocycles. The van der Waals surface area contributed by atoms with Crippen molar-refractivity contribution in [1.29, 1.82) is 0 Å². The Kier molecular flexibility index (Phi) is 15.5. The highest BCUT2D eigenvalue weighted by atomic mass is 32.2. The number of aliphatic hydroxyl groups is 2. The van der Waals surface area contributed by atoms with Crippen molar-refractivity contribution in [3.05, 3.63) is 12.2 Å². The predicted molar refractivity (Wildman–Crippen MR) is 131 cm³/mol. The molecule has 0 fully saturated rings. The van der Waals surface area contributed by atoms with E-state index >= 15 is 0 Å². The first-order valence-electron chi connectivity index (χ1n) is 12.6. The van der Waals surface area contributed by atoms with E-state index in [1.54, 1.807) is 9.48 Å². The summed E-state index contributed by atoms with van der Waals surface area (Å²) in [7, 11) is -4.30. The number of nitrogens with zero attached hydrogens (tertiary/aromatic N) is 2. The van der Waals surface area contributed by atoms with Gasteiger partial charge in [0, 0.05) is 6.42 Å². The molecule has 0 radical (unpaired) electrons. The number of hydrogen-bond donors (Lipinski definition) is 3. The standard InChI is InChI=1S/C24H44N2O6S/c1-2-3-4-5-6-7-8-9-10-11-12-13-14-15-23(29)24-25(18-19-27)16-17-26(24)20-22(28)21-33(30,31)32/h13-14,22,27-28H,2-12,15-21H2,1H3/p+1/b14-13+. The first kappa shape index (κ1) is 29.7. The molecule has 0 aromatic rings. The van der Waals surface area contributed by atoms with Gasteiger partial charge in [0.15, 0.2) is 0 Å². The molecule has 0 saturated heterocycles. The second-order valence-electron chi connectivity index (χ2n) is 8.95. The number of ketones is 1. The Morgan fingerprint density at radius 1 is 1.06 bits per heavy atom. The molecule has 0 aromatic heterocycles. The summed E-state index contributed by atoms with van der Waals surface area (Å²) in [5, 5.41) is 19.3. The Labute approximate surface area is 200 Å². The van der Waals surface area contributed by atoms with Crippen molar-refractivity contribution in [1.82, 2.24) is 4.90 Å². The van der Waals surface area contributed by atoms with E-state index in [0.717, 1.165) is 12.8 Å². The number of carbonyl (C=O) groups is 1. The fourth-order valence-corrected chi connectivity index (χ4v) is 4.81. The zero-order chi connectivity index (χ0) is 24.5. The van der Waals surface area contributed by atoms with Gasteiger partial charge < -0.3 is 10.2 Å². The van der Waals surface area contributed by atoms with Gasteiger partial charge in [-0.2, -0.15) is 8.42 Å². The maximum absolute atomic E-state index is 12.8. The van der Waals surface area contributed by atoms with Gasteiger partial charge in [0.2, 0.25) is 5.78 Å². The first-order valence-corrected chi connectivity index (χ1v) is 14.2. The maximum Gasteiger partial charge on any atom is 0.316 e. The van der Waals surface area contributed by atoms with E-state index < -0.39 is 22.0 Å². The van der Waals surface area contributed by atoms with Crippen molar-refractivity contribution < 1.29 is 32.6 Å². The quantitative estimate of drug-likeness (QED) is 0.104. The molecule has 33 heavy (non-hydrogen) atoms. The highest BCUT2D eigenvalue weighted by molar-refractivity contribution is 7.85. The lowest BCUT2D eigenvalue weighted by Gasteiger charge is -2.12. The zero-order valence-corrected chi connectivity index (χ0v) is 21.1. The van der Waals surface area contributed by atoms with Crippen molar-refractivity contribution in [2.45, 2.75) is 90.1 Å². The van der Waals surface area contributed by atoms with E-state index in [9.17, 15) is 23.4 Å². The fraction of sp³-hybridized carbons (Fsp3) is 0.833. The van der Waals surface area contributed by atoms with Crippen LogP contribution in [0.5, 0.6) is 0 Å². The number of carbonyl (C=O) groups excluding carboxylic acids is 1. The minimum atomic E-state index is -4.30. The van der Waals surface area contributed by atoms with Gasteiger partial charge in [-0.15, -0.1) is 0 Å². The Balaban J connectivity index is 2.38. The normalized spacial score (nSPS) is 15.7. The summed E-state index contributed by atoms with van der Waals surface area (Å²) in [5.41, 5.74) is 0. The molecule has 1 aliphatic heterocycles. The van der Waals surface area contributed by atoms with Crippen molar-refractivity contribution in [3.63, 3.8) is 0 Å². The van der Waals surface area contributed by atoms with Gasteiger partial charge in [0.1, 0.15) is 38.0 Å². The molecular weight excluding hydrogens is 444 g/mol. The first-order chi connectivity index (χ1) is 15.8. The molecule has 0 bridgehead atoms. The van der Waals surface area contributed by atoms with Gasteiger partial charge in [-0.05, 0) is 12.8 Å². The third-order valence-corrected chi connectivity index (χ3v) is 6.69. The molecule has 0 amide bonds. The smallest absolute Gasteiger partial charge is 0.316 e. The predicted octanol–water partition coefficient (Wildman–Crippen LogP) is 2.78. The molecule has 1 unspecified atom stereocenters. The summed E-state index contributed by atoms with van der Waals surface area (Å²) in [4.78, 5) is 14.6. The van der Waals surface area contributed by atoms with Gasteiger partial charge in [0.25, 0.3) is 10.1 Å². The maximum atomic E-state index is 12.8. The molecule has 9 heteroatoms. The number of allylic oxidation sites excluding steroid dienone is 2. The highest BCUT2D eigenvalue weighted by Gasteiger charge is 2.36. The van der Waals surface area contributed by atoms with Crippen LogP contribution in [0.15, 0.2) is 12.2 Å². The van der Waals surface area contributed by atoms with Crippen molar-refractivity contribution >= 4 is 21.7 Å². The summed E-state index contributed by atoms with van der Waals surface area (Å²) in [5.74, 6) is -0.509. The summed E-state index contributed by atoms with van der Waals surface area (Å²) in [6.45, 7) is 3.33. The summed E-state index contributed by atoms with van der Waals surface area (Å²) in [6, 6.07) is 0. The van der Waals surface area contributed by atoms with Crippen LogP contribution >= 0.6 is 0 Å². The molecule has 1 rings (SSSR count). The van der Waals surface area contributed by atoms with Crippen LogP contribution in [0, 0.1) is 0 Å². The van der Waals surface area contributed by atoms with Gasteiger partial charge in [-0.3, -0.25) is 18.8 Å². The van der Waals surface area contributed by atoms with Crippen LogP contribution in [0.1, 0.15) is 84.0 Å². The van der Waals surface area contributed by atoms with Crippen molar-refractivity contribution in [3.8, 4) is 0 Å². The average Bonchev–Trinajstić information content (AvgIpc) is 3.12. The molecule has 3 N–H and O–H groups in total. The molecule has 1 atom stereocenters. The lowest BCUT2D eigenvalue weighted by molar-refractivity contribution is -0.525. The minimum absolute atomic E-state index is 0.0644. The summed E-state index contributed by atoms with van der Waals surface area (Å²) in [6.07, 6.45) is 16.7. The van der Waals surface area contributed by atoms with E-state index in [1.807, 2.05) is 12.2 Å². The number of amidine groups is 1. The van der Waals surface area contributed by atoms with E-state index in [-0.39, 0.29) is 25.4 Å². The SMILES string of the molecule is CCCCCCCCCCCC/C=C/CC(=O)C1=[N+](CC(O)CS(=O)(=O)O)CCN1CCO. The van der Waals surface area contributed by atoms with Gasteiger partial charge in [-0.25, -0.2) is 0 Å². The number of hydrogen-bond acceptors (Lipinski definition) is 6. The third-order valence-electron chi connectivity index (χ3n) is 5.89. The minimum Gasteiger partial charge on any atom is -0.392 e. The van der Waals surface area contributed by atoms with Crippen LogP contribution in [0.3, 0.4) is 0 Å². The molecule has 0 spiro atoms. The molecule has 0 aromatic carbocycles. The Morgan fingerprint density at radius 2 is 1.67 bits per heavy atom. The van der Waals surface area contributed by atoms with Crippen LogP contribution < -0.4 is 0 Å². The van der Waals surface area contributed by atoms with E-state index in [0.29, 0.717) is 25.5 Å². The fourth-order valence-electron chi connectivity index (χ4n) is 4.22. The van der Waals surface area contributed by atoms with Crippen LogP contribution in [-0.2, 0) is 14.9 Å². The van der Waals surface area contributed by atoms with Crippen LogP contribution in [0.4, 0.5) is 0 Å². The van der Waals surface area contributed by atoms with E-state index in [2.05, 4.69) is 6.92 Å². The zero-order valence-electron chi connectivity index (χ0n) is 20.3. The Bertz CT molecular complexity index is 720. The highest BCUT2D eigenvalue weighted by Crippen LogP contribution is 2.12. The van der Waals surface area contributed by atoms with Crippen molar-refractivity contribution in [2.75, 3.05) is 38.5 Å². The largest absolute Gasteiger partial charge is 0.392 e. The van der Waals surface area contributed by atoms with Crippen LogP contribution in [-0.4, -0.2) is 88.9 Å². The molecule has 8 nitrogen and oxygen atoms in total. The lowest BCUT2D eigenvalue weighted by Crippen LogP contribution is -2.40. The summed E-state index contributed by atoms with van der Waals surface area (Å²) < 4.78 is 32.6. The molecule has 0 aliphatic carbocycles. The van der Waals surface area contributed by atoms with Gasteiger partial charge in [0.05, 0.1) is 6.61 Å². The van der Waals surface area contributed by atoms with Crippen molar-refractivity contribution in [2.24, 2.45) is 0 Å². The number of rotatable bonds is 20. The second-order valence-corrected chi connectivity index (χ2v) is 10.4. The van der Waals surface area contributed by atoms with Crippen LogP contribution in [0.25, 0.3) is 0 Å². The Morgan fingerprint density at radius 3 is 2.24 bits per heavy atom.